The molecule has 1 aliphatic carbocycles. The van der Waals surface area contributed by atoms with Crippen LogP contribution in [0.5, 0.6) is 0 Å². The van der Waals surface area contributed by atoms with E-state index in [2.05, 4.69) is 10.5 Å². The van der Waals surface area contributed by atoms with Crippen molar-refractivity contribution in [1.29, 1.82) is 0 Å². The Balaban J connectivity index is 1.48. The molecule has 2 aromatic rings. The molecule has 1 aliphatic heterocycles. The van der Waals surface area contributed by atoms with E-state index < -0.39 is 0 Å². The fourth-order valence-electron chi connectivity index (χ4n) is 4.32. The van der Waals surface area contributed by atoms with Gasteiger partial charge in [0.15, 0.2) is 0 Å². The molecule has 3 atom stereocenters. The molecule has 1 aromatic heterocycles. The van der Waals surface area contributed by atoms with Gasteiger partial charge in [0.1, 0.15) is 11.6 Å². The molecule has 7 heteroatoms. The lowest BCUT2D eigenvalue weighted by Crippen LogP contribution is -2.44. The highest BCUT2D eigenvalue weighted by atomic mass is 19.1. The summed E-state index contributed by atoms with van der Waals surface area (Å²) in [5.74, 6) is 0.675. The highest BCUT2D eigenvalue weighted by Crippen LogP contribution is 2.41. The third kappa shape index (κ3) is 4.25. The lowest BCUT2D eigenvalue weighted by molar-refractivity contribution is -0.140. The fraction of sp³-hybridized carbons (Fsp3) is 0.524. The minimum atomic E-state index is -0.256. The van der Waals surface area contributed by atoms with Crippen LogP contribution in [0.15, 0.2) is 34.9 Å². The third-order valence-electron chi connectivity index (χ3n) is 5.75. The number of hydrogen-bond acceptors (Lipinski definition) is 5. The quantitative estimate of drug-likeness (QED) is 0.854. The number of benzene rings is 1. The molecular formula is C21H26FN3O3. The van der Waals surface area contributed by atoms with Crippen LogP contribution in [0.25, 0.3) is 0 Å². The maximum Gasteiger partial charge on any atom is 0.226 e. The normalized spacial score (nSPS) is 25.2. The summed E-state index contributed by atoms with van der Waals surface area (Å²) in [5.41, 5.74) is 1.88. The number of morpholine rings is 1. The number of aryl methyl sites for hydroxylation is 1. The van der Waals surface area contributed by atoms with Crippen molar-refractivity contribution in [2.24, 2.45) is 5.92 Å². The Hall–Kier alpha value is -2.25. The van der Waals surface area contributed by atoms with Crippen LogP contribution >= 0.6 is 0 Å². The molecule has 1 saturated heterocycles. The zero-order valence-electron chi connectivity index (χ0n) is 16.1. The zero-order valence-corrected chi connectivity index (χ0v) is 16.1. The molecule has 150 valence electrons. The molecule has 0 bridgehead atoms. The smallest absolute Gasteiger partial charge is 0.226 e. The fourth-order valence-corrected chi connectivity index (χ4v) is 4.32. The molecule has 1 saturated carbocycles. The average molecular weight is 387 g/mol. The number of rotatable bonds is 5. The maximum atomic E-state index is 13.4. The van der Waals surface area contributed by atoms with Gasteiger partial charge in [-0.15, -0.1) is 0 Å². The van der Waals surface area contributed by atoms with Gasteiger partial charge in [-0.1, -0.05) is 17.3 Å². The lowest BCUT2D eigenvalue weighted by atomic mass is 9.88. The molecule has 0 radical (unpaired) electrons. The molecule has 0 unspecified atom stereocenters. The molecule has 1 aromatic carbocycles. The number of nitrogens with one attached hydrogen (secondary N) is 1. The predicted octanol–water partition coefficient (Wildman–Crippen LogP) is 2.63. The van der Waals surface area contributed by atoms with Gasteiger partial charge in [-0.3, -0.25) is 4.79 Å². The molecule has 1 N–H and O–H groups in total. The average Bonchev–Trinajstić information content (AvgIpc) is 3.33. The minimum absolute atomic E-state index is 0.0764. The Kier molecular flexibility index (Phi) is 5.73. The summed E-state index contributed by atoms with van der Waals surface area (Å²) in [7, 11) is 0. The van der Waals surface area contributed by atoms with Crippen LogP contribution in [0.3, 0.4) is 0 Å². The van der Waals surface area contributed by atoms with Crippen molar-refractivity contribution in [3.63, 3.8) is 0 Å². The van der Waals surface area contributed by atoms with Gasteiger partial charge in [0.05, 0.1) is 18.9 Å². The first-order valence-electron chi connectivity index (χ1n) is 9.88. The molecule has 2 fully saturated rings. The van der Waals surface area contributed by atoms with E-state index in [0.717, 1.165) is 29.9 Å². The molecule has 0 spiro atoms. The zero-order chi connectivity index (χ0) is 19.5. The van der Waals surface area contributed by atoms with Gasteiger partial charge in [-0.2, -0.15) is 0 Å². The third-order valence-corrected chi connectivity index (χ3v) is 5.75. The SMILES string of the molecule is Cc1cc(CN[C@@H]2C[C@H](C(=O)N3CCOCC3)[C@@H](c3ccc(F)cc3)C2)no1. The molecule has 2 aliphatic rings. The van der Waals surface area contributed by atoms with Crippen molar-refractivity contribution in [2.45, 2.75) is 38.3 Å². The van der Waals surface area contributed by atoms with Crippen molar-refractivity contribution in [1.82, 2.24) is 15.4 Å². The molecule has 2 heterocycles. The van der Waals surface area contributed by atoms with Crippen LogP contribution in [-0.4, -0.2) is 48.3 Å². The van der Waals surface area contributed by atoms with Crippen molar-refractivity contribution < 1.29 is 18.4 Å². The Morgan fingerprint density at radius 2 is 2.00 bits per heavy atom. The highest BCUT2D eigenvalue weighted by Gasteiger charge is 2.41. The second-order valence-corrected chi connectivity index (χ2v) is 7.68. The number of hydrogen-bond donors (Lipinski definition) is 1. The number of amides is 1. The Morgan fingerprint density at radius 3 is 2.68 bits per heavy atom. The van der Waals surface area contributed by atoms with Crippen molar-refractivity contribution in [2.75, 3.05) is 26.3 Å². The first-order valence-corrected chi connectivity index (χ1v) is 9.88. The lowest BCUT2D eigenvalue weighted by Gasteiger charge is -2.31. The summed E-state index contributed by atoms with van der Waals surface area (Å²) in [6.45, 7) is 4.94. The number of carbonyl (C=O) groups excluding carboxylic acids is 1. The predicted molar refractivity (Wildman–Crippen MR) is 101 cm³/mol. The summed E-state index contributed by atoms with van der Waals surface area (Å²) >= 11 is 0. The van der Waals surface area contributed by atoms with E-state index in [1.807, 2.05) is 30.0 Å². The number of carbonyl (C=O) groups is 1. The molecule has 28 heavy (non-hydrogen) atoms. The first kappa shape index (κ1) is 19.1. The van der Waals surface area contributed by atoms with Crippen LogP contribution < -0.4 is 5.32 Å². The van der Waals surface area contributed by atoms with E-state index in [9.17, 15) is 9.18 Å². The number of nitrogens with zero attached hydrogens (tertiary/aromatic N) is 2. The summed E-state index contributed by atoms with van der Waals surface area (Å²) in [4.78, 5) is 15.1. The van der Waals surface area contributed by atoms with Crippen LogP contribution in [0.4, 0.5) is 4.39 Å². The van der Waals surface area contributed by atoms with E-state index in [1.54, 1.807) is 0 Å². The van der Waals surface area contributed by atoms with Crippen LogP contribution in [0.2, 0.25) is 0 Å². The van der Waals surface area contributed by atoms with E-state index in [1.165, 1.54) is 12.1 Å². The molecule has 6 nitrogen and oxygen atoms in total. The topological polar surface area (TPSA) is 67.6 Å². The van der Waals surface area contributed by atoms with E-state index in [4.69, 9.17) is 9.26 Å². The van der Waals surface area contributed by atoms with Crippen molar-refractivity contribution in [3.05, 3.63) is 53.2 Å². The highest BCUT2D eigenvalue weighted by molar-refractivity contribution is 5.80. The van der Waals surface area contributed by atoms with Crippen LogP contribution in [0.1, 0.15) is 35.8 Å². The van der Waals surface area contributed by atoms with Gasteiger partial charge in [-0.05, 0) is 43.4 Å². The number of aromatic nitrogens is 1. The Bertz CT molecular complexity index is 801. The summed E-state index contributed by atoms with van der Waals surface area (Å²) in [5, 5.41) is 7.54. The van der Waals surface area contributed by atoms with Gasteiger partial charge in [0, 0.05) is 37.7 Å². The van der Waals surface area contributed by atoms with E-state index in [-0.39, 0.29) is 29.6 Å². The summed E-state index contributed by atoms with van der Waals surface area (Å²) in [6.07, 6.45) is 1.60. The molecular weight excluding hydrogens is 361 g/mol. The van der Waals surface area contributed by atoms with Gasteiger partial charge in [0.2, 0.25) is 5.91 Å². The van der Waals surface area contributed by atoms with Crippen LogP contribution in [0, 0.1) is 18.7 Å². The Morgan fingerprint density at radius 1 is 1.25 bits per heavy atom. The minimum Gasteiger partial charge on any atom is -0.378 e. The standard InChI is InChI=1S/C21H26FN3O3/c1-14-10-18(24-28-14)13-23-17-11-19(15-2-4-16(22)5-3-15)20(12-17)21(26)25-6-8-27-9-7-25/h2-5,10,17,19-20,23H,6-9,11-13H2,1H3/t17-,19+,20-/m0/s1. The number of halogens is 1. The van der Waals surface area contributed by atoms with Gasteiger partial charge in [-0.25, -0.2) is 4.39 Å². The number of ether oxygens (including phenoxy) is 1. The second-order valence-electron chi connectivity index (χ2n) is 7.68. The van der Waals surface area contributed by atoms with Crippen LogP contribution in [-0.2, 0) is 16.1 Å². The van der Waals surface area contributed by atoms with Crippen molar-refractivity contribution in [3.8, 4) is 0 Å². The summed E-state index contributed by atoms with van der Waals surface area (Å²) in [6, 6.07) is 8.68. The maximum absolute atomic E-state index is 13.4. The largest absolute Gasteiger partial charge is 0.378 e. The van der Waals surface area contributed by atoms with E-state index in [0.29, 0.717) is 32.8 Å². The van der Waals surface area contributed by atoms with Gasteiger partial charge in [0.25, 0.3) is 0 Å². The first-order chi connectivity index (χ1) is 13.6. The van der Waals surface area contributed by atoms with E-state index >= 15 is 0 Å². The van der Waals surface area contributed by atoms with Gasteiger partial charge < -0.3 is 19.5 Å². The molecule has 1 amide bonds. The van der Waals surface area contributed by atoms with Gasteiger partial charge >= 0.3 is 0 Å². The van der Waals surface area contributed by atoms with Crippen molar-refractivity contribution >= 4 is 5.91 Å². The monoisotopic (exact) mass is 387 g/mol. The molecule has 4 rings (SSSR count). The second kappa shape index (κ2) is 8.41. The summed E-state index contributed by atoms with van der Waals surface area (Å²) < 4.78 is 23.9. The Labute approximate surface area is 164 Å².